The quantitative estimate of drug-likeness (QED) is 0.403. The Morgan fingerprint density at radius 2 is 1.57 bits per heavy atom. The molecule has 0 heterocycles. The van der Waals surface area contributed by atoms with Crippen LogP contribution in [-0.4, -0.2) is 44.3 Å². The average Bonchev–Trinajstić information content (AvgIpc) is 2.87. The normalized spacial score (nSPS) is 12.0. The molecular weight excluding hydrogens is 510 g/mol. The number of sulfonamides is 1. The Hall–Kier alpha value is -3.36. The van der Waals surface area contributed by atoms with E-state index in [0.29, 0.717) is 17.3 Å². The molecule has 196 valence electrons. The number of aryl methyl sites for hydroxylation is 2. The van der Waals surface area contributed by atoms with Gasteiger partial charge in [-0.05, 0) is 75.2 Å². The van der Waals surface area contributed by atoms with Gasteiger partial charge >= 0.3 is 0 Å². The number of halogens is 1. The van der Waals surface area contributed by atoms with E-state index in [1.807, 2.05) is 38.1 Å². The highest BCUT2D eigenvalue weighted by atomic mass is 35.5. The monoisotopic (exact) mass is 541 g/mol. The van der Waals surface area contributed by atoms with Gasteiger partial charge < -0.3 is 10.2 Å². The summed E-state index contributed by atoms with van der Waals surface area (Å²) in [6.07, 6.45) is 0. The summed E-state index contributed by atoms with van der Waals surface area (Å²) in [6.45, 7) is 7.31. The maximum Gasteiger partial charge on any atom is 0.264 e. The lowest BCUT2D eigenvalue weighted by Gasteiger charge is -2.32. The highest BCUT2D eigenvalue weighted by molar-refractivity contribution is 7.92. The first-order valence-electron chi connectivity index (χ1n) is 12.0. The van der Waals surface area contributed by atoms with Crippen molar-refractivity contribution in [1.82, 2.24) is 10.2 Å². The molecule has 0 aliphatic rings. The number of anilines is 1. The van der Waals surface area contributed by atoms with Crippen LogP contribution in [0.5, 0.6) is 0 Å². The van der Waals surface area contributed by atoms with Gasteiger partial charge in [-0.3, -0.25) is 13.9 Å². The fourth-order valence-electron chi connectivity index (χ4n) is 3.85. The maximum absolute atomic E-state index is 13.8. The first-order chi connectivity index (χ1) is 17.5. The Morgan fingerprint density at radius 1 is 0.946 bits per heavy atom. The highest BCUT2D eigenvalue weighted by Gasteiger charge is 2.32. The molecular formula is C28H32ClN3O4S. The molecule has 3 aromatic rings. The number of nitrogens with zero attached hydrogens (tertiary/aromatic N) is 2. The van der Waals surface area contributed by atoms with E-state index in [1.165, 1.54) is 17.0 Å². The molecule has 1 N–H and O–H groups in total. The van der Waals surface area contributed by atoms with Crippen molar-refractivity contribution >= 4 is 39.1 Å². The number of benzene rings is 3. The second kappa shape index (κ2) is 12.3. The van der Waals surface area contributed by atoms with E-state index >= 15 is 0 Å². The lowest BCUT2D eigenvalue weighted by atomic mass is 10.1. The molecule has 0 spiro atoms. The van der Waals surface area contributed by atoms with Gasteiger partial charge in [-0.1, -0.05) is 53.6 Å². The largest absolute Gasteiger partial charge is 0.355 e. The van der Waals surface area contributed by atoms with Crippen molar-refractivity contribution in [2.24, 2.45) is 0 Å². The number of hydrogen-bond acceptors (Lipinski definition) is 4. The molecule has 0 aliphatic heterocycles. The Morgan fingerprint density at radius 3 is 2.16 bits per heavy atom. The maximum atomic E-state index is 13.8. The molecule has 1 atom stereocenters. The lowest BCUT2D eigenvalue weighted by molar-refractivity contribution is -0.139. The van der Waals surface area contributed by atoms with E-state index in [2.05, 4.69) is 5.32 Å². The van der Waals surface area contributed by atoms with Crippen molar-refractivity contribution in [2.75, 3.05) is 17.4 Å². The van der Waals surface area contributed by atoms with Crippen molar-refractivity contribution in [2.45, 2.75) is 45.2 Å². The van der Waals surface area contributed by atoms with Crippen molar-refractivity contribution in [1.29, 1.82) is 0 Å². The zero-order valence-electron chi connectivity index (χ0n) is 21.4. The molecule has 7 nitrogen and oxygen atoms in total. The van der Waals surface area contributed by atoms with Crippen LogP contribution in [0.4, 0.5) is 5.69 Å². The van der Waals surface area contributed by atoms with Crippen molar-refractivity contribution < 1.29 is 18.0 Å². The third-order valence-electron chi connectivity index (χ3n) is 6.12. The second-order valence-electron chi connectivity index (χ2n) is 8.82. The zero-order chi connectivity index (χ0) is 27.2. The Labute approximate surface area is 224 Å². The molecule has 37 heavy (non-hydrogen) atoms. The van der Waals surface area contributed by atoms with Crippen LogP contribution in [0.1, 0.15) is 30.5 Å². The Balaban J connectivity index is 2.03. The predicted molar refractivity (Wildman–Crippen MR) is 147 cm³/mol. The van der Waals surface area contributed by atoms with E-state index in [9.17, 15) is 18.0 Å². The van der Waals surface area contributed by atoms with Gasteiger partial charge in [0.15, 0.2) is 0 Å². The van der Waals surface area contributed by atoms with Crippen LogP contribution in [0, 0.1) is 13.8 Å². The second-order valence-corrected chi connectivity index (χ2v) is 11.1. The molecule has 0 saturated carbocycles. The standard InChI is InChI=1S/C28H32ClN3O4S/c1-5-30-28(34)22(4)31(18-23-9-7-6-8-21(23)3)27(33)19-32(25-14-12-24(29)13-15-25)37(35,36)26-16-10-20(2)11-17-26/h6-17,22H,5,18-19H2,1-4H3,(H,30,34)/t22-/m0/s1. The minimum atomic E-state index is -4.11. The summed E-state index contributed by atoms with van der Waals surface area (Å²) in [5.41, 5.74) is 3.03. The number of amides is 2. The summed E-state index contributed by atoms with van der Waals surface area (Å²) < 4.78 is 28.6. The lowest BCUT2D eigenvalue weighted by Crippen LogP contribution is -2.51. The SMILES string of the molecule is CCNC(=O)[C@H](C)N(Cc1ccccc1C)C(=O)CN(c1ccc(Cl)cc1)S(=O)(=O)c1ccc(C)cc1. The summed E-state index contributed by atoms with van der Waals surface area (Å²) in [5.74, 6) is -0.823. The molecule has 3 rings (SSSR count). The van der Waals surface area contributed by atoms with Crippen LogP contribution >= 0.6 is 11.6 Å². The number of nitrogens with one attached hydrogen (secondary N) is 1. The van der Waals surface area contributed by atoms with Gasteiger partial charge in [-0.15, -0.1) is 0 Å². The van der Waals surface area contributed by atoms with Crippen molar-refractivity contribution in [3.63, 3.8) is 0 Å². The average molecular weight is 542 g/mol. The third kappa shape index (κ3) is 6.90. The molecule has 0 saturated heterocycles. The van der Waals surface area contributed by atoms with Crippen LogP contribution in [0.3, 0.4) is 0 Å². The third-order valence-corrected chi connectivity index (χ3v) is 8.16. The van der Waals surface area contributed by atoms with Gasteiger partial charge in [0.1, 0.15) is 12.6 Å². The topological polar surface area (TPSA) is 86.8 Å². The first-order valence-corrected chi connectivity index (χ1v) is 13.8. The molecule has 2 amide bonds. The van der Waals surface area contributed by atoms with Crippen molar-refractivity contribution in [3.8, 4) is 0 Å². The van der Waals surface area contributed by atoms with Gasteiger partial charge in [-0.25, -0.2) is 8.42 Å². The smallest absolute Gasteiger partial charge is 0.264 e. The molecule has 0 aliphatic carbocycles. The Bertz CT molecular complexity index is 1340. The summed E-state index contributed by atoms with van der Waals surface area (Å²) in [5, 5.41) is 3.19. The van der Waals surface area contributed by atoms with Crippen molar-refractivity contribution in [3.05, 3.63) is 94.5 Å². The number of carbonyl (C=O) groups is 2. The minimum Gasteiger partial charge on any atom is -0.355 e. The van der Waals surface area contributed by atoms with E-state index in [-0.39, 0.29) is 17.3 Å². The van der Waals surface area contributed by atoms with Gasteiger partial charge in [-0.2, -0.15) is 0 Å². The number of carbonyl (C=O) groups excluding carboxylic acids is 2. The fraction of sp³-hybridized carbons (Fsp3) is 0.286. The van der Waals surface area contributed by atoms with Gasteiger partial charge in [0.05, 0.1) is 10.6 Å². The van der Waals surface area contributed by atoms with E-state index < -0.39 is 28.5 Å². The summed E-state index contributed by atoms with van der Waals surface area (Å²) in [6, 6.07) is 19.5. The summed E-state index contributed by atoms with van der Waals surface area (Å²) in [4.78, 5) is 28.0. The summed E-state index contributed by atoms with van der Waals surface area (Å²) in [7, 11) is -4.11. The first kappa shape index (κ1) is 28.2. The van der Waals surface area contributed by atoms with Gasteiger partial charge in [0.2, 0.25) is 11.8 Å². The molecule has 3 aromatic carbocycles. The van der Waals surface area contributed by atoms with Crippen LogP contribution in [-0.2, 0) is 26.2 Å². The zero-order valence-corrected chi connectivity index (χ0v) is 23.0. The van der Waals surface area contributed by atoms with E-state index in [1.54, 1.807) is 50.2 Å². The highest BCUT2D eigenvalue weighted by Crippen LogP contribution is 2.26. The molecule has 0 radical (unpaired) electrons. The fourth-order valence-corrected chi connectivity index (χ4v) is 5.39. The molecule has 0 fully saturated rings. The predicted octanol–water partition coefficient (Wildman–Crippen LogP) is 4.71. The number of likely N-dealkylation sites (N-methyl/N-ethyl adjacent to an activating group) is 1. The number of hydrogen-bond donors (Lipinski definition) is 1. The van der Waals surface area contributed by atoms with Gasteiger partial charge in [0, 0.05) is 18.1 Å². The molecule has 0 bridgehead atoms. The van der Waals surface area contributed by atoms with Crippen LogP contribution in [0.25, 0.3) is 0 Å². The Kier molecular flexibility index (Phi) is 9.34. The molecule has 0 aromatic heterocycles. The van der Waals surface area contributed by atoms with E-state index in [0.717, 1.165) is 21.0 Å². The number of rotatable bonds is 10. The minimum absolute atomic E-state index is 0.0584. The van der Waals surface area contributed by atoms with Crippen LogP contribution < -0.4 is 9.62 Å². The van der Waals surface area contributed by atoms with Crippen LogP contribution in [0.2, 0.25) is 5.02 Å². The molecule has 9 heteroatoms. The molecule has 0 unspecified atom stereocenters. The van der Waals surface area contributed by atoms with Gasteiger partial charge in [0.25, 0.3) is 10.0 Å². The summed E-state index contributed by atoms with van der Waals surface area (Å²) >= 11 is 6.04. The van der Waals surface area contributed by atoms with E-state index in [4.69, 9.17) is 11.6 Å². The van der Waals surface area contributed by atoms with Crippen LogP contribution in [0.15, 0.2) is 77.7 Å².